The molecule has 9 heteroatoms. The predicted octanol–water partition coefficient (Wildman–Crippen LogP) is 2.77. The summed E-state index contributed by atoms with van der Waals surface area (Å²) in [6.45, 7) is 4.02. The Kier molecular flexibility index (Phi) is 5.35. The summed E-state index contributed by atoms with van der Waals surface area (Å²) in [5.74, 6) is 1.19. The summed E-state index contributed by atoms with van der Waals surface area (Å²) in [5.41, 5.74) is 3.85. The van der Waals surface area contributed by atoms with Gasteiger partial charge in [0.15, 0.2) is 11.5 Å². The van der Waals surface area contributed by atoms with E-state index in [0.29, 0.717) is 12.2 Å². The molecule has 1 fully saturated rings. The van der Waals surface area contributed by atoms with Crippen LogP contribution in [0.3, 0.4) is 0 Å². The van der Waals surface area contributed by atoms with Crippen molar-refractivity contribution < 1.29 is 9.13 Å². The molecule has 0 aliphatic carbocycles. The molecule has 0 atom stereocenters. The van der Waals surface area contributed by atoms with Gasteiger partial charge in [0.1, 0.15) is 11.6 Å². The fraction of sp³-hybridized carbons (Fsp3) is 0.318. The highest BCUT2D eigenvalue weighted by atomic mass is 19.1. The number of aromatic nitrogens is 5. The van der Waals surface area contributed by atoms with Crippen LogP contribution < -0.4 is 5.32 Å². The number of morpholine rings is 1. The highest BCUT2D eigenvalue weighted by Crippen LogP contribution is 2.21. The van der Waals surface area contributed by atoms with Gasteiger partial charge in [0.25, 0.3) is 0 Å². The molecule has 0 radical (unpaired) electrons. The Morgan fingerprint density at radius 1 is 1.10 bits per heavy atom. The van der Waals surface area contributed by atoms with Crippen LogP contribution in [0, 0.1) is 5.82 Å². The molecule has 0 spiro atoms. The van der Waals surface area contributed by atoms with Crippen molar-refractivity contribution in [2.24, 2.45) is 7.05 Å². The smallest absolute Gasteiger partial charge is 0.158 e. The van der Waals surface area contributed by atoms with Gasteiger partial charge < -0.3 is 14.6 Å². The van der Waals surface area contributed by atoms with Gasteiger partial charge in [0, 0.05) is 44.9 Å². The largest absolute Gasteiger partial charge is 0.379 e. The first-order valence-electron chi connectivity index (χ1n) is 10.3. The summed E-state index contributed by atoms with van der Waals surface area (Å²) in [7, 11) is 1.93. The fourth-order valence-electron chi connectivity index (χ4n) is 3.80. The molecule has 1 aliphatic rings. The van der Waals surface area contributed by atoms with Crippen LogP contribution in [0.1, 0.15) is 16.8 Å². The molecule has 31 heavy (non-hydrogen) atoms. The lowest BCUT2D eigenvalue weighted by Crippen LogP contribution is -2.35. The number of nitrogens with zero attached hydrogens (tertiary/aromatic N) is 6. The molecule has 1 saturated heterocycles. The zero-order chi connectivity index (χ0) is 21.2. The topological polar surface area (TPSA) is 72.5 Å². The standard InChI is InChI=1S/C22H24FN7O/c1-28-14-21(25-15-28)26-20-11-17(13-29-6-8-31-9-7-29)22-24-12-19(30(22)27-20)10-16-2-4-18(23)5-3-16/h2-5,11-12,14-15H,6-10,13H2,1H3,(H,26,27). The van der Waals surface area contributed by atoms with Crippen LogP contribution >= 0.6 is 0 Å². The van der Waals surface area contributed by atoms with E-state index >= 15 is 0 Å². The Morgan fingerprint density at radius 2 is 1.90 bits per heavy atom. The first kappa shape index (κ1) is 19.7. The van der Waals surface area contributed by atoms with E-state index in [4.69, 9.17) is 9.84 Å². The Hall–Kier alpha value is -3.30. The minimum absolute atomic E-state index is 0.241. The quantitative estimate of drug-likeness (QED) is 0.516. The van der Waals surface area contributed by atoms with Gasteiger partial charge >= 0.3 is 0 Å². The maximum absolute atomic E-state index is 13.3. The minimum Gasteiger partial charge on any atom is -0.379 e. The van der Waals surface area contributed by atoms with Crippen LogP contribution in [-0.4, -0.2) is 55.4 Å². The van der Waals surface area contributed by atoms with Gasteiger partial charge in [0.05, 0.1) is 31.4 Å². The van der Waals surface area contributed by atoms with Gasteiger partial charge in [-0.2, -0.15) is 0 Å². The van der Waals surface area contributed by atoms with E-state index in [1.807, 2.05) is 34.6 Å². The summed E-state index contributed by atoms with van der Waals surface area (Å²) in [6.07, 6.45) is 6.10. The zero-order valence-electron chi connectivity index (χ0n) is 17.3. The van der Waals surface area contributed by atoms with Crippen LogP contribution in [-0.2, 0) is 24.8 Å². The average Bonchev–Trinajstić information content (AvgIpc) is 3.37. The number of hydrogen-bond acceptors (Lipinski definition) is 6. The molecule has 1 aromatic carbocycles. The molecule has 0 unspecified atom stereocenters. The number of ether oxygens (including phenoxy) is 1. The lowest BCUT2D eigenvalue weighted by atomic mass is 10.1. The normalized spacial score (nSPS) is 14.9. The maximum atomic E-state index is 13.3. The van der Waals surface area contributed by atoms with Crippen LogP contribution in [0.5, 0.6) is 0 Å². The summed E-state index contributed by atoms with van der Waals surface area (Å²) in [6, 6.07) is 8.57. The van der Waals surface area contributed by atoms with Crippen molar-refractivity contribution in [3.8, 4) is 0 Å². The third-order valence-corrected chi connectivity index (χ3v) is 5.37. The number of rotatable bonds is 6. The molecule has 0 amide bonds. The predicted molar refractivity (Wildman–Crippen MR) is 115 cm³/mol. The fourth-order valence-corrected chi connectivity index (χ4v) is 3.80. The summed E-state index contributed by atoms with van der Waals surface area (Å²) >= 11 is 0. The van der Waals surface area contributed by atoms with Crippen molar-refractivity contribution >= 4 is 17.3 Å². The van der Waals surface area contributed by atoms with Crippen LogP contribution in [0.2, 0.25) is 0 Å². The molecule has 1 aliphatic heterocycles. The number of benzene rings is 1. The van der Waals surface area contributed by atoms with Crippen molar-refractivity contribution in [2.75, 3.05) is 31.6 Å². The monoisotopic (exact) mass is 421 g/mol. The number of nitrogens with one attached hydrogen (secondary N) is 1. The zero-order valence-corrected chi connectivity index (χ0v) is 17.3. The lowest BCUT2D eigenvalue weighted by molar-refractivity contribution is 0.0343. The van der Waals surface area contributed by atoms with Crippen molar-refractivity contribution in [1.82, 2.24) is 29.0 Å². The van der Waals surface area contributed by atoms with Crippen molar-refractivity contribution in [1.29, 1.82) is 0 Å². The van der Waals surface area contributed by atoms with E-state index in [2.05, 4.69) is 20.2 Å². The molecule has 8 nitrogen and oxygen atoms in total. The van der Waals surface area contributed by atoms with Gasteiger partial charge in [-0.05, 0) is 23.8 Å². The SMILES string of the molecule is Cn1cnc(Nc2cc(CN3CCOCC3)c3ncc(Cc4ccc(F)cc4)n3n2)c1. The molecule has 1 N–H and O–H groups in total. The van der Waals surface area contributed by atoms with E-state index < -0.39 is 0 Å². The van der Waals surface area contributed by atoms with Gasteiger partial charge in [-0.15, -0.1) is 5.10 Å². The second kappa shape index (κ2) is 8.44. The molecule has 0 bridgehead atoms. The van der Waals surface area contributed by atoms with Gasteiger partial charge in [0.2, 0.25) is 0 Å². The maximum Gasteiger partial charge on any atom is 0.158 e. The van der Waals surface area contributed by atoms with Crippen LogP contribution in [0.25, 0.3) is 5.65 Å². The number of aryl methyl sites for hydroxylation is 1. The average molecular weight is 421 g/mol. The summed E-state index contributed by atoms with van der Waals surface area (Å²) < 4.78 is 22.5. The molecular formula is C22H24FN7O. The summed E-state index contributed by atoms with van der Waals surface area (Å²) in [4.78, 5) is 11.4. The molecule has 4 aromatic rings. The Morgan fingerprint density at radius 3 is 2.65 bits per heavy atom. The van der Waals surface area contributed by atoms with Gasteiger partial charge in [-0.25, -0.2) is 18.9 Å². The minimum atomic E-state index is -0.241. The van der Waals surface area contributed by atoms with E-state index in [-0.39, 0.29) is 5.82 Å². The highest BCUT2D eigenvalue weighted by molar-refractivity contribution is 5.58. The lowest BCUT2D eigenvalue weighted by Gasteiger charge is -2.26. The van der Waals surface area contributed by atoms with E-state index in [9.17, 15) is 4.39 Å². The van der Waals surface area contributed by atoms with E-state index in [1.54, 1.807) is 18.5 Å². The number of imidazole rings is 2. The van der Waals surface area contributed by atoms with Gasteiger partial charge in [-0.3, -0.25) is 4.90 Å². The number of halogens is 1. The second-order valence-corrected chi connectivity index (χ2v) is 7.78. The van der Waals surface area contributed by atoms with Gasteiger partial charge in [-0.1, -0.05) is 12.1 Å². The first-order valence-corrected chi connectivity index (χ1v) is 10.3. The molecule has 0 saturated carbocycles. The Balaban J connectivity index is 1.51. The molecule has 4 heterocycles. The van der Waals surface area contributed by atoms with E-state index in [1.165, 1.54) is 12.1 Å². The van der Waals surface area contributed by atoms with Crippen molar-refractivity contribution in [3.63, 3.8) is 0 Å². The van der Waals surface area contributed by atoms with Crippen LogP contribution in [0.15, 0.2) is 49.1 Å². The van der Waals surface area contributed by atoms with Crippen LogP contribution in [0.4, 0.5) is 16.0 Å². The Labute approximate surface area is 179 Å². The number of hydrogen-bond donors (Lipinski definition) is 1. The molecule has 160 valence electrons. The third-order valence-electron chi connectivity index (χ3n) is 5.37. The molecule has 3 aromatic heterocycles. The highest BCUT2D eigenvalue weighted by Gasteiger charge is 2.17. The first-order chi connectivity index (χ1) is 15.1. The van der Waals surface area contributed by atoms with Crippen molar-refractivity contribution in [2.45, 2.75) is 13.0 Å². The van der Waals surface area contributed by atoms with Crippen molar-refractivity contribution in [3.05, 3.63) is 71.7 Å². The molecule has 5 rings (SSSR count). The third kappa shape index (κ3) is 4.42. The van der Waals surface area contributed by atoms with E-state index in [0.717, 1.165) is 61.1 Å². The summed E-state index contributed by atoms with van der Waals surface area (Å²) in [5, 5.41) is 8.08. The number of anilines is 2. The second-order valence-electron chi connectivity index (χ2n) is 7.78. The number of fused-ring (bicyclic) bond motifs is 1. The Bertz CT molecular complexity index is 1180. The molecular weight excluding hydrogens is 397 g/mol.